The number of likely N-dealkylation sites (N-methyl/N-ethyl adjacent to an activating group) is 1. The minimum Gasteiger partial charge on any atom is -0.497 e. The maximum atomic E-state index is 13.7. The molecule has 1 amide bonds. The predicted octanol–water partition coefficient (Wildman–Crippen LogP) is 4.71. The Morgan fingerprint density at radius 3 is 2.63 bits per heavy atom. The smallest absolute Gasteiger partial charge is 0.238 e. The number of nitrogens with zero attached hydrogens (tertiary/aromatic N) is 1. The molecule has 0 heterocycles. The van der Waals surface area contributed by atoms with Crippen molar-refractivity contribution in [1.29, 1.82) is 0 Å². The molecule has 0 unspecified atom stereocenters. The van der Waals surface area contributed by atoms with Gasteiger partial charge in [0.1, 0.15) is 11.6 Å². The van der Waals surface area contributed by atoms with E-state index in [2.05, 4.69) is 11.4 Å². The van der Waals surface area contributed by atoms with E-state index in [1.807, 2.05) is 42.3 Å². The SMILES string of the molecule is COc1ccc2cc(CN(C)CC(=O)Nc3cc(Cl)ccc3F)ccc2c1. The van der Waals surface area contributed by atoms with Gasteiger partial charge in [-0.2, -0.15) is 0 Å². The van der Waals surface area contributed by atoms with Gasteiger partial charge in [0.15, 0.2) is 0 Å². The number of rotatable bonds is 6. The Bertz CT molecular complexity index is 978. The lowest BCUT2D eigenvalue weighted by Crippen LogP contribution is -2.30. The third-order valence-corrected chi connectivity index (χ3v) is 4.42. The molecule has 1 N–H and O–H groups in total. The molecule has 3 aromatic rings. The number of methoxy groups -OCH3 is 1. The summed E-state index contributed by atoms with van der Waals surface area (Å²) in [5.74, 6) is 0.00170. The standard InChI is InChI=1S/C21H20ClFN2O2/c1-25(13-21(26)24-20-11-17(22)6-8-19(20)23)12-14-3-4-16-10-18(27-2)7-5-15(16)9-14/h3-11H,12-13H2,1-2H3,(H,24,26). The first-order valence-electron chi connectivity index (χ1n) is 8.45. The summed E-state index contributed by atoms with van der Waals surface area (Å²) in [6, 6.07) is 16.1. The van der Waals surface area contributed by atoms with E-state index in [4.69, 9.17) is 16.3 Å². The molecule has 0 bridgehead atoms. The van der Waals surface area contributed by atoms with Gasteiger partial charge in [0, 0.05) is 11.6 Å². The van der Waals surface area contributed by atoms with Crippen molar-refractivity contribution in [3.05, 3.63) is 71.0 Å². The van der Waals surface area contributed by atoms with Crippen molar-refractivity contribution in [3.8, 4) is 5.75 Å². The first kappa shape index (κ1) is 19.1. The third-order valence-electron chi connectivity index (χ3n) is 4.18. The molecule has 140 valence electrons. The number of benzene rings is 3. The Balaban J connectivity index is 1.63. The fourth-order valence-corrected chi connectivity index (χ4v) is 3.07. The van der Waals surface area contributed by atoms with Crippen LogP contribution >= 0.6 is 11.6 Å². The average Bonchev–Trinajstić information content (AvgIpc) is 2.64. The lowest BCUT2D eigenvalue weighted by atomic mass is 10.1. The number of nitrogens with one attached hydrogen (secondary N) is 1. The lowest BCUT2D eigenvalue weighted by molar-refractivity contribution is -0.117. The van der Waals surface area contributed by atoms with E-state index >= 15 is 0 Å². The molecule has 0 saturated carbocycles. The molecule has 0 aliphatic carbocycles. The minimum atomic E-state index is -0.514. The summed E-state index contributed by atoms with van der Waals surface area (Å²) in [6.07, 6.45) is 0. The molecule has 0 fully saturated rings. The quantitative estimate of drug-likeness (QED) is 0.667. The van der Waals surface area contributed by atoms with Gasteiger partial charge in [0.25, 0.3) is 0 Å². The third kappa shape index (κ3) is 4.96. The summed E-state index contributed by atoms with van der Waals surface area (Å²) < 4.78 is 19.0. The molecule has 3 rings (SSSR count). The Morgan fingerprint density at radius 1 is 1.11 bits per heavy atom. The highest BCUT2D eigenvalue weighted by Crippen LogP contribution is 2.22. The van der Waals surface area contributed by atoms with Crippen molar-refractivity contribution in [3.63, 3.8) is 0 Å². The summed E-state index contributed by atoms with van der Waals surface area (Å²) in [4.78, 5) is 14.0. The average molecular weight is 387 g/mol. The van der Waals surface area contributed by atoms with Crippen molar-refractivity contribution in [2.24, 2.45) is 0 Å². The molecule has 0 aromatic heterocycles. The van der Waals surface area contributed by atoms with Crippen LogP contribution in [0.1, 0.15) is 5.56 Å². The largest absolute Gasteiger partial charge is 0.497 e. The molecule has 0 aliphatic heterocycles. The summed E-state index contributed by atoms with van der Waals surface area (Å²) in [5, 5.41) is 5.12. The normalized spacial score (nSPS) is 11.0. The van der Waals surface area contributed by atoms with Gasteiger partial charge < -0.3 is 10.1 Å². The number of hydrogen-bond donors (Lipinski definition) is 1. The van der Waals surface area contributed by atoms with Crippen molar-refractivity contribution < 1.29 is 13.9 Å². The number of halogens is 2. The van der Waals surface area contributed by atoms with Crippen molar-refractivity contribution in [2.45, 2.75) is 6.54 Å². The van der Waals surface area contributed by atoms with Crippen LogP contribution in [0.15, 0.2) is 54.6 Å². The molecule has 0 saturated heterocycles. The maximum Gasteiger partial charge on any atom is 0.238 e. The van der Waals surface area contributed by atoms with Crippen LogP contribution in [0.3, 0.4) is 0 Å². The first-order valence-corrected chi connectivity index (χ1v) is 8.82. The Kier molecular flexibility index (Phi) is 5.94. The lowest BCUT2D eigenvalue weighted by Gasteiger charge is -2.17. The van der Waals surface area contributed by atoms with Gasteiger partial charge in [-0.05, 0) is 59.8 Å². The van der Waals surface area contributed by atoms with Crippen molar-refractivity contribution in [2.75, 3.05) is 26.0 Å². The van der Waals surface area contributed by atoms with Crippen LogP contribution in [-0.2, 0) is 11.3 Å². The van der Waals surface area contributed by atoms with Gasteiger partial charge in [-0.3, -0.25) is 9.69 Å². The number of anilines is 1. The van der Waals surface area contributed by atoms with Crippen LogP contribution in [0.4, 0.5) is 10.1 Å². The van der Waals surface area contributed by atoms with E-state index in [0.717, 1.165) is 22.1 Å². The van der Waals surface area contributed by atoms with Gasteiger partial charge in [-0.15, -0.1) is 0 Å². The highest BCUT2D eigenvalue weighted by molar-refractivity contribution is 6.30. The van der Waals surface area contributed by atoms with Crippen LogP contribution in [0.5, 0.6) is 5.75 Å². The van der Waals surface area contributed by atoms with Gasteiger partial charge in [-0.1, -0.05) is 29.8 Å². The first-order chi connectivity index (χ1) is 12.9. The van der Waals surface area contributed by atoms with Crippen molar-refractivity contribution in [1.82, 2.24) is 4.90 Å². The maximum absolute atomic E-state index is 13.7. The molecule has 3 aromatic carbocycles. The molecular weight excluding hydrogens is 367 g/mol. The van der Waals surface area contributed by atoms with Gasteiger partial charge in [0.05, 0.1) is 19.3 Å². The van der Waals surface area contributed by atoms with Crippen LogP contribution in [-0.4, -0.2) is 31.5 Å². The summed E-state index contributed by atoms with van der Waals surface area (Å²) in [5.41, 5.74) is 1.16. The second-order valence-corrected chi connectivity index (χ2v) is 6.83. The van der Waals surface area contributed by atoms with Crippen LogP contribution in [0.25, 0.3) is 10.8 Å². The Hall–Kier alpha value is -2.63. The fraction of sp³-hybridized carbons (Fsp3) is 0.190. The zero-order valence-corrected chi connectivity index (χ0v) is 15.9. The van der Waals surface area contributed by atoms with Crippen LogP contribution in [0, 0.1) is 5.82 Å². The summed E-state index contributed by atoms with van der Waals surface area (Å²) >= 11 is 5.84. The molecule has 6 heteroatoms. The second kappa shape index (κ2) is 8.37. The van der Waals surface area contributed by atoms with E-state index in [1.54, 1.807) is 7.11 Å². The van der Waals surface area contributed by atoms with Gasteiger partial charge in [-0.25, -0.2) is 4.39 Å². The fourth-order valence-electron chi connectivity index (χ4n) is 2.89. The Labute approximate surface area is 162 Å². The summed E-state index contributed by atoms with van der Waals surface area (Å²) in [7, 11) is 3.48. The number of hydrogen-bond acceptors (Lipinski definition) is 3. The monoisotopic (exact) mass is 386 g/mol. The number of ether oxygens (including phenoxy) is 1. The van der Waals surface area contributed by atoms with Gasteiger partial charge in [0.2, 0.25) is 5.91 Å². The van der Waals surface area contributed by atoms with E-state index in [0.29, 0.717) is 11.6 Å². The molecular formula is C21H20ClFN2O2. The zero-order chi connectivity index (χ0) is 19.4. The molecule has 0 aliphatic rings. The number of carbonyl (C=O) groups excluding carboxylic acids is 1. The van der Waals surface area contributed by atoms with E-state index in [-0.39, 0.29) is 18.1 Å². The van der Waals surface area contributed by atoms with E-state index < -0.39 is 5.82 Å². The highest BCUT2D eigenvalue weighted by Gasteiger charge is 2.11. The van der Waals surface area contributed by atoms with Gasteiger partial charge >= 0.3 is 0 Å². The van der Waals surface area contributed by atoms with Crippen LogP contribution < -0.4 is 10.1 Å². The molecule has 27 heavy (non-hydrogen) atoms. The van der Waals surface area contributed by atoms with Crippen LogP contribution in [0.2, 0.25) is 5.02 Å². The second-order valence-electron chi connectivity index (χ2n) is 6.39. The molecule has 0 radical (unpaired) electrons. The van der Waals surface area contributed by atoms with E-state index in [1.165, 1.54) is 18.2 Å². The minimum absolute atomic E-state index is 0.0838. The zero-order valence-electron chi connectivity index (χ0n) is 15.1. The summed E-state index contributed by atoms with van der Waals surface area (Å²) in [6.45, 7) is 0.722. The number of carbonyl (C=O) groups is 1. The molecule has 0 spiro atoms. The number of amides is 1. The predicted molar refractivity (Wildman–Crippen MR) is 107 cm³/mol. The number of fused-ring (bicyclic) bond motifs is 1. The molecule has 0 atom stereocenters. The Morgan fingerprint density at radius 2 is 1.85 bits per heavy atom. The van der Waals surface area contributed by atoms with Crippen molar-refractivity contribution >= 4 is 34.0 Å². The highest BCUT2D eigenvalue weighted by atomic mass is 35.5. The topological polar surface area (TPSA) is 41.6 Å². The van der Waals surface area contributed by atoms with E-state index in [9.17, 15) is 9.18 Å². The molecule has 4 nitrogen and oxygen atoms in total.